The van der Waals surface area contributed by atoms with Crippen LogP contribution >= 0.6 is 0 Å². The molecule has 1 aromatic carbocycles. The van der Waals surface area contributed by atoms with Gasteiger partial charge in [-0.2, -0.15) is 0 Å². The van der Waals surface area contributed by atoms with E-state index in [1.807, 2.05) is 25.1 Å². The largest absolute Gasteiger partial charge is 0.480 e. The minimum absolute atomic E-state index is 0.186. The maximum absolute atomic E-state index is 11.0. The summed E-state index contributed by atoms with van der Waals surface area (Å²) in [4.78, 5) is 21.9. The number of hydrogen-bond donors (Lipinski definition) is 3. The van der Waals surface area contributed by atoms with Gasteiger partial charge in [-0.3, -0.25) is 4.79 Å². The van der Waals surface area contributed by atoms with Gasteiger partial charge in [0.1, 0.15) is 6.04 Å². The highest BCUT2D eigenvalue weighted by Gasteiger charge is 2.18. The first-order chi connectivity index (χ1) is 9.49. The number of carbonyl (C=O) groups is 2. The lowest BCUT2D eigenvalue weighted by molar-refractivity contribution is -0.141. The Bertz CT molecular complexity index is 434. The number of aliphatic carboxylic acids is 1. The molecule has 5 heteroatoms. The average Bonchev–Trinajstić information content (AvgIpc) is 2.41. The predicted molar refractivity (Wildman–Crippen MR) is 77.5 cm³/mol. The predicted octanol–water partition coefficient (Wildman–Crippen LogP) is 1.19. The molecule has 5 nitrogen and oxygen atoms in total. The van der Waals surface area contributed by atoms with Crippen LogP contribution in [0.15, 0.2) is 30.3 Å². The number of hydrogen-bond acceptors (Lipinski definition) is 3. The lowest BCUT2D eigenvalue weighted by atomic mass is 10.1. The van der Waals surface area contributed by atoms with E-state index in [0.717, 1.165) is 12.8 Å². The summed E-state index contributed by atoms with van der Waals surface area (Å²) < 4.78 is 0. The number of benzene rings is 1. The van der Waals surface area contributed by atoms with Gasteiger partial charge in [0.15, 0.2) is 0 Å². The van der Waals surface area contributed by atoms with E-state index in [1.54, 1.807) is 0 Å². The highest BCUT2D eigenvalue weighted by Crippen LogP contribution is 2.04. The molecule has 0 saturated heterocycles. The van der Waals surface area contributed by atoms with Gasteiger partial charge in [-0.25, -0.2) is 4.79 Å². The van der Waals surface area contributed by atoms with E-state index in [-0.39, 0.29) is 18.5 Å². The number of carboxylic acid groups (broad SMARTS) is 1. The molecule has 0 bridgehead atoms. The Labute approximate surface area is 119 Å². The molecule has 0 spiro atoms. The van der Waals surface area contributed by atoms with Crippen molar-refractivity contribution in [1.29, 1.82) is 0 Å². The highest BCUT2D eigenvalue weighted by atomic mass is 16.4. The van der Waals surface area contributed by atoms with Crippen LogP contribution in [0.2, 0.25) is 0 Å². The average molecular weight is 278 g/mol. The molecule has 3 N–H and O–H groups in total. The summed E-state index contributed by atoms with van der Waals surface area (Å²) in [6, 6.07) is 9.44. The van der Waals surface area contributed by atoms with E-state index in [2.05, 4.69) is 22.8 Å². The molecule has 110 valence electrons. The molecule has 2 unspecified atom stereocenters. The smallest absolute Gasteiger partial charge is 0.327 e. The minimum Gasteiger partial charge on any atom is -0.480 e. The Kier molecular flexibility index (Phi) is 6.73. The van der Waals surface area contributed by atoms with Crippen molar-refractivity contribution in [1.82, 2.24) is 10.6 Å². The zero-order chi connectivity index (χ0) is 15.0. The topological polar surface area (TPSA) is 78.4 Å². The van der Waals surface area contributed by atoms with Crippen molar-refractivity contribution in [3.63, 3.8) is 0 Å². The first-order valence-electron chi connectivity index (χ1n) is 6.76. The van der Waals surface area contributed by atoms with Crippen molar-refractivity contribution in [2.24, 2.45) is 0 Å². The molecule has 1 amide bonds. The summed E-state index contributed by atoms with van der Waals surface area (Å²) >= 11 is 0. The van der Waals surface area contributed by atoms with Crippen LogP contribution in [-0.4, -0.2) is 35.6 Å². The zero-order valence-electron chi connectivity index (χ0n) is 11.9. The Hall–Kier alpha value is -1.88. The highest BCUT2D eigenvalue weighted by molar-refractivity contribution is 5.82. The lowest BCUT2D eigenvalue weighted by Crippen LogP contribution is -2.48. The summed E-state index contributed by atoms with van der Waals surface area (Å²) in [5, 5.41) is 14.5. The van der Waals surface area contributed by atoms with Gasteiger partial charge in [0.05, 0.1) is 0 Å². The number of carboxylic acids is 1. The molecule has 20 heavy (non-hydrogen) atoms. The maximum atomic E-state index is 11.0. The molecule has 0 heterocycles. The number of carbonyl (C=O) groups excluding carboxylic acids is 1. The van der Waals surface area contributed by atoms with Crippen molar-refractivity contribution < 1.29 is 14.7 Å². The van der Waals surface area contributed by atoms with Crippen molar-refractivity contribution >= 4 is 11.9 Å². The van der Waals surface area contributed by atoms with Gasteiger partial charge in [0.2, 0.25) is 5.91 Å². The van der Waals surface area contributed by atoms with Crippen molar-refractivity contribution in [3.05, 3.63) is 35.9 Å². The quantitative estimate of drug-likeness (QED) is 0.667. The second-order valence-electron chi connectivity index (χ2n) is 4.92. The van der Waals surface area contributed by atoms with Crippen LogP contribution in [0.1, 0.15) is 25.8 Å². The molecule has 0 aromatic heterocycles. The zero-order valence-corrected chi connectivity index (χ0v) is 11.9. The fraction of sp³-hybridized carbons (Fsp3) is 0.467. The summed E-state index contributed by atoms with van der Waals surface area (Å²) in [6.07, 6.45) is 1.85. The van der Waals surface area contributed by atoms with E-state index in [9.17, 15) is 9.59 Å². The molecule has 0 aliphatic carbocycles. The van der Waals surface area contributed by atoms with Crippen LogP contribution in [0.25, 0.3) is 0 Å². The van der Waals surface area contributed by atoms with Gasteiger partial charge < -0.3 is 15.7 Å². The second kappa shape index (κ2) is 8.32. The monoisotopic (exact) mass is 278 g/mol. The fourth-order valence-electron chi connectivity index (χ4n) is 1.89. The molecule has 2 atom stereocenters. The third-order valence-corrected chi connectivity index (χ3v) is 3.05. The molecular formula is C15H22N2O3. The van der Waals surface area contributed by atoms with Gasteiger partial charge in [0, 0.05) is 19.5 Å². The molecule has 1 aromatic rings. The summed E-state index contributed by atoms with van der Waals surface area (Å²) in [5.74, 6) is -1.36. The standard InChI is InChI=1S/C15H22N2O3/c1-11(8-9-13-6-4-3-5-7-13)16-10-14(15(19)20)17-12(2)18/h3-7,11,14,16H,8-10H2,1-2H3,(H,17,18)(H,19,20). The van der Waals surface area contributed by atoms with Gasteiger partial charge in [-0.1, -0.05) is 30.3 Å². The van der Waals surface area contributed by atoms with Crippen LogP contribution in [0.3, 0.4) is 0 Å². The summed E-state index contributed by atoms with van der Waals surface area (Å²) in [7, 11) is 0. The van der Waals surface area contributed by atoms with Gasteiger partial charge in [0.25, 0.3) is 0 Å². The van der Waals surface area contributed by atoms with Gasteiger partial charge in [-0.05, 0) is 25.3 Å². The van der Waals surface area contributed by atoms with E-state index >= 15 is 0 Å². The second-order valence-corrected chi connectivity index (χ2v) is 4.92. The van der Waals surface area contributed by atoms with E-state index < -0.39 is 12.0 Å². The van der Waals surface area contributed by atoms with E-state index in [4.69, 9.17) is 5.11 Å². The van der Waals surface area contributed by atoms with Crippen molar-refractivity contribution in [2.45, 2.75) is 38.8 Å². The lowest BCUT2D eigenvalue weighted by Gasteiger charge is -2.18. The summed E-state index contributed by atoms with van der Waals surface area (Å²) in [6.45, 7) is 3.55. The van der Waals surface area contributed by atoms with E-state index in [0.29, 0.717) is 0 Å². The molecule has 1 rings (SSSR count). The van der Waals surface area contributed by atoms with Crippen molar-refractivity contribution in [2.75, 3.05) is 6.54 Å². The van der Waals surface area contributed by atoms with Crippen LogP contribution in [0.4, 0.5) is 0 Å². The molecule has 0 aliphatic rings. The van der Waals surface area contributed by atoms with Crippen LogP contribution in [0.5, 0.6) is 0 Å². The van der Waals surface area contributed by atoms with Crippen LogP contribution in [0, 0.1) is 0 Å². The Morgan fingerprint density at radius 3 is 2.45 bits per heavy atom. The third-order valence-electron chi connectivity index (χ3n) is 3.05. The van der Waals surface area contributed by atoms with Gasteiger partial charge >= 0.3 is 5.97 Å². The molecule has 0 radical (unpaired) electrons. The SMILES string of the molecule is CC(=O)NC(CNC(C)CCc1ccccc1)C(=O)O. The fourth-order valence-corrected chi connectivity index (χ4v) is 1.89. The number of rotatable bonds is 8. The van der Waals surface area contributed by atoms with Crippen molar-refractivity contribution in [3.8, 4) is 0 Å². The molecule has 0 saturated carbocycles. The molecule has 0 aliphatic heterocycles. The molecule has 0 fully saturated rings. The normalized spacial score (nSPS) is 13.5. The Morgan fingerprint density at radius 1 is 1.25 bits per heavy atom. The molecular weight excluding hydrogens is 256 g/mol. The third kappa shape index (κ3) is 6.33. The van der Waals surface area contributed by atoms with Crippen LogP contribution < -0.4 is 10.6 Å². The Balaban J connectivity index is 2.32. The Morgan fingerprint density at radius 2 is 1.90 bits per heavy atom. The minimum atomic E-state index is -1.03. The van der Waals surface area contributed by atoms with Crippen LogP contribution in [-0.2, 0) is 16.0 Å². The number of nitrogens with one attached hydrogen (secondary N) is 2. The summed E-state index contributed by atoms with van der Waals surface area (Å²) in [5.41, 5.74) is 1.26. The van der Waals surface area contributed by atoms with E-state index in [1.165, 1.54) is 12.5 Å². The number of amides is 1. The first-order valence-corrected chi connectivity index (χ1v) is 6.76. The van der Waals surface area contributed by atoms with Gasteiger partial charge in [-0.15, -0.1) is 0 Å². The number of aryl methyl sites for hydroxylation is 1. The maximum Gasteiger partial charge on any atom is 0.327 e. The first kappa shape index (κ1) is 16.2.